The molecule has 0 heterocycles. The Hall–Kier alpha value is 0.717. The van der Waals surface area contributed by atoms with Gasteiger partial charge in [-0.1, -0.05) is 0 Å². The van der Waals surface area contributed by atoms with Crippen LogP contribution in [0, 0.1) is 0 Å². The van der Waals surface area contributed by atoms with Crippen LogP contribution < -0.4 is 10.2 Å². The zero-order valence-corrected chi connectivity index (χ0v) is 6.58. The van der Waals surface area contributed by atoms with Crippen molar-refractivity contribution >= 4 is 30.3 Å². The largest absolute Gasteiger partial charge is 1.24 e. The lowest BCUT2D eigenvalue weighted by molar-refractivity contribution is -0.325. The Labute approximate surface area is 55.3 Å². The predicted octanol–water partition coefficient (Wildman–Crippen LogP) is -1.05. The summed E-state index contributed by atoms with van der Waals surface area (Å²) in [6, 6.07) is 0. The van der Waals surface area contributed by atoms with E-state index in [4.69, 9.17) is 32.4 Å². The molecular formula is C2H6Cl2O2Si. The lowest BCUT2D eigenvalue weighted by Crippen LogP contribution is -1.81. The van der Waals surface area contributed by atoms with Gasteiger partial charge in [0.25, 0.3) is 0 Å². The van der Waals surface area contributed by atoms with Crippen molar-refractivity contribution in [1.82, 2.24) is 0 Å². The quantitative estimate of drug-likeness (QED) is 0.336. The van der Waals surface area contributed by atoms with Crippen LogP contribution in [0.1, 0.15) is 0 Å². The van der Waals surface area contributed by atoms with Crippen molar-refractivity contribution in [1.29, 1.82) is 0 Å². The molecule has 0 aliphatic carbocycles. The topological polar surface area (TPSA) is 46.1 Å². The second-order valence-electron chi connectivity index (χ2n) is 0.0714. The van der Waals surface area contributed by atoms with Crippen molar-refractivity contribution in [3.63, 3.8) is 0 Å². The number of halogens is 2. The van der Waals surface area contributed by atoms with E-state index in [1.165, 1.54) is 0 Å². The third-order valence-electron chi connectivity index (χ3n) is 0. The van der Waals surface area contributed by atoms with Gasteiger partial charge in [0, 0.05) is 0 Å². The summed E-state index contributed by atoms with van der Waals surface area (Å²) < 4.78 is 0. The first kappa shape index (κ1) is 15.6. The molecule has 0 rings (SSSR count). The summed E-state index contributed by atoms with van der Waals surface area (Å²) in [5.41, 5.74) is 0. The maximum atomic E-state index is 8.25. The summed E-state index contributed by atoms with van der Waals surface area (Å²) in [5, 5.41) is 16.5. The summed E-state index contributed by atoms with van der Waals surface area (Å²) in [6.45, 7) is 0. The molecule has 0 saturated heterocycles. The van der Waals surface area contributed by atoms with Gasteiger partial charge in [0.15, 0.2) is 0 Å². The van der Waals surface area contributed by atoms with Crippen molar-refractivity contribution in [2.45, 2.75) is 0 Å². The Kier molecular flexibility index (Phi) is 166. The predicted molar refractivity (Wildman–Crippen MR) is 29.3 cm³/mol. The molecule has 0 N–H and O–H groups in total. The Morgan fingerprint density at radius 2 is 1.00 bits per heavy atom. The summed E-state index contributed by atoms with van der Waals surface area (Å²) in [4.78, 5) is 0. The highest BCUT2D eigenvalue weighted by atomic mass is 35.7. The fourth-order valence-corrected chi connectivity index (χ4v) is 0. The van der Waals surface area contributed by atoms with Crippen LogP contribution >= 0.6 is 22.2 Å². The molecule has 0 aliphatic heterocycles. The van der Waals surface area contributed by atoms with Crippen molar-refractivity contribution in [2.24, 2.45) is 0 Å². The van der Waals surface area contributed by atoms with Crippen molar-refractivity contribution in [3.05, 3.63) is 0 Å². The first-order valence-electron chi connectivity index (χ1n) is 1.19. The summed E-state index contributed by atoms with van der Waals surface area (Å²) in [5.74, 6) is 0. The van der Waals surface area contributed by atoms with E-state index in [1.807, 2.05) is 0 Å². The number of hydrogen-bond donors (Lipinski definition) is 0. The van der Waals surface area contributed by atoms with E-state index in [-0.39, 0.29) is 8.14 Å². The maximum Gasteiger partial charge on any atom is 1.24 e. The molecule has 0 aliphatic rings. The van der Waals surface area contributed by atoms with Gasteiger partial charge in [-0.3, -0.25) is 0 Å². The third kappa shape index (κ3) is 291. The average Bonchev–Trinajstić information content (AvgIpc) is 1.78. The zero-order valence-electron chi connectivity index (χ0n) is 4.07. The minimum Gasteiger partial charge on any atom is -0.857 e. The van der Waals surface area contributed by atoms with E-state index < -0.39 is 0 Å². The van der Waals surface area contributed by atoms with Crippen molar-refractivity contribution < 1.29 is 10.2 Å². The van der Waals surface area contributed by atoms with Gasteiger partial charge in [-0.2, -0.15) is 14.2 Å². The fraction of sp³-hybridized carbons (Fsp3) is 1.00. The van der Waals surface area contributed by atoms with Crippen molar-refractivity contribution in [3.8, 4) is 0 Å². The molecular weight excluding hydrogens is 155 g/mol. The molecule has 0 aromatic carbocycles. The minimum atomic E-state index is 0.0278. The molecule has 0 unspecified atom stereocenters. The lowest BCUT2D eigenvalue weighted by Gasteiger charge is -1.57. The monoisotopic (exact) mass is 160 g/mol. The van der Waals surface area contributed by atoms with E-state index >= 15 is 0 Å². The van der Waals surface area contributed by atoms with Crippen LogP contribution in [-0.2, 0) is 0 Å². The average molecular weight is 161 g/mol. The SMILES string of the molecule is C[O-].C[O-].Cl[Si+2]Cl. The van der Waals surface area contributed by atoms with Crippen molar-refractivity contribution in [2.75, 3.05) is 14.2 Å². The van der Waals surface area contributed by atoms with Crippen LogP contribution in [0.15, 0.2) is 0 Å². The smallest absolute Gasteiger partial charge is 0.857 e. The Bertz CT molecular complexity index is 13.7. The maximum absolute atomic E-state index is 8.25. The molecule has 0 bridgehead atoms. The molecule has 0 fully saturated rings. The molecule has 7 heavy (non-hydrogen) atoms. The first-order valence-corrected chi connectivity index (χ1v) is 4.22. The molecule has 2 nitrogen and oxygen atoms in total. The molecule has 5 heteroatoms. The van der Waals surface area contributed by atoms with Gasteiger partial charge in [0.05, 0.1) is 0 Å². The van der Waals surface area contributed by atoms with Crippen LogP contribution in [0.4, 0.5) is 0 Å². The normalized spacial score (nSPS) is 3.14. The Morgan fingerprint density at radius 1 is 1.00 bits per heavy atom. The summed E-state index contributed by atoms with van der Waals surface area (Å²) >= 11 is 9.58. The summed E-state index contributed by atoms with van der Waals surface area (Å²) in [7, 11) is 1.53. The summed E-state index contributed by atoms with van der Waals surface area (Å²) in [6.07, 6.45) is 0. The Balaban J connectivity index is -0.0000000360. The fourth-order valence-electron chi connectivity index (χ4n) is 0. The lowest BCUT2D eigenvalue weighted by atomic mass is 11.8. The van der Waals surface area contributed by atoms with Gasteiger partial charge in [-0.15, -0.1) is 0 Å². The third-order valence-corrected chi connectivity index (χ3v) is 0. The standard InChI is InChI=1S/2CH3O.Cl2Si/c2*1-2;1-3-2/h2*1H3;/q2*-1;+2. The molecule has 0 aromatic heterocycles. The minimum absolute atomic E-state index is 0.0278. The van der Waals surface area contributed by atoms with Crippen LogP contribution in [0.2, 0.25) is 0 Å². The van der Waals surface area contributed by atoms with Crippen LogP contribution in [0.5, 0.6) is 0 Å². The highest BCUT2D eigenvalue weighted by Crippen LogP contribution is 1.67. The van der Waals surface area contributed by atoms with E-state index in [2.05, 4.69) is 0 Å². The highest BCUT2D eigenvalue weighted by molar-refractivity contribution is 7.22. The van der Waals surface area contributed by atoms with Gasteiger partial charge < -0.3 is 10.2 Å². The molecule has 0 saturated carbocycles. The first-order chi connectivity index (χ1) is 3.41. The van der Waals surface area contributed by atoms with Gasteiger partial charge in [-0.25, -0.2) is 0 Å². The van der Waals surface area contributed by atoms with Crippen LogP contribution in [0.3, 0.4) is 0 Å². The van der Waals surface area contributed by atoms with Gasteiger partial charge in [0.1, 0.15) is 0 Å². The van der Waals surface area contributed by atoms with Gasteiger partial charge >= 0.3 is 30.3 Å². The number of rotatable bonds is 0. The molecule has 0 spiro atoms. The molecule has 0 amide bonds. The molecule has 44 valence electrons. The van der Waals surface area contributed by atoms with E-state index in [0.29, 0.717) is 0 Å². The van der Waals surface area contributed by atoms with E-state index in [0.717, 1.165) is 14.2 Å². The Morgan fingerprint density at radius 3 is 1.00 bits per heavy atom. The van der Waals surface area contributed by atoms with Crippen LogP contribution in [0.25, 0.3) is 0 Å². The van der Waals surface area contributed by atoms with E-state index in [9.17, 15) is 0 Å². The zero-order chi connectivity index (χ0) is 6.71. The van der Waals surface area contributed by atoms with Crippen LogP contribution in [-0.4, -0.2) is 22.4 Å². The van der Waals surface area contributed by atoms with Gasteiger partial charge in [-0.05, 0) is 0 Å². The highest BCUT2D eigenvalue weighted by Gasteiger charge is 2.29. The second kappa shape index (κ2) is 74.5. The molecule has 0 aromatic rings. The van der Waals surface area contributed by atoms with Gasteiger partial charge in [0.2, 0.25) is 0 Å². The number of hydrogen-bond acceptors (Lipinski definition) is 2. The van der Waals surface area contributed by atoms with E-state index in [1.54, 1.807) is 0 Å². The molecule has 0 radical (unpaired) electrons. The second-order valence-corrected chi connectivity index (χ2v) is 1.93. The molecule has 0 atom stereocenters.